The van der Waals surface area contributed by atoms with Crippen molar-refractivity contribution in [2.24, 2.45) is 0 Å². The van der Waals surface area contributed by atoms with E-state index in [9.17, 15) is 19.2 Å². The largest absolute Gasteiger partial charge is 0.493 e. The number of imide groups is 2. The second kappa shape index (κ2) is 11.3. The lowest BCUT2D eigenvalue weighted by atomic mass is 10.1. The van der Waals surface area contributed by atoms with E-state index in [-0.39, 0.29) is 23.7 Å². The monoisotopic (exact) mass is 583 g/mol. The van der Waals surface area contributed by atoms with Gasteiger partial charge in [-0.15, -0.1) is 0 Å². The molecule has 1 saturated heterocycles. The van der Waals surface area contributed by atoms with E-state index in [1.807, 2.05) is 0 Å². The van der Waals surface area contributed by atoms with E-state index in [1.165, 1.54) is 19.3 Å². The van der Waals surface area contributed by atoms with Crippen molar-refractivity contribution in [3.05, 3.63) is 87.4 Å². The third-order valence-electron chi connectivity index (χ3n) is 5.15. The first-order valence-electron chi connectivity index (χ1n) is 10.8. The summed E-state index contributed by atoms with van der Waals surface area (Å²) in [4.78, 5) is 51.1. The Hall–Kier alpha value is -4.15. The van der Waals surface area contributed by atoms with Crippen LogP contribution in [0.1, 0.15) is 5.56 Å². The molecule has 3 aromatic rings. The van der Waals surface area contributed by atoms with Gasteiger partial charge in [-0.05, 0) is 76.1 Å². The molecule has 1 fully saturated rings. The summed E-state index contributed by atoms with van der Waals surface area (Å²) in [7, 11) is 1.41. The van der Waals surface area contributed by atoms with E-state index in [0.29, 0.717) is 26.4 Å². The number of benzene rings is 3. The Morgan fingerprint density at radius 2 is 1.78 bits per heavy atom. The first-order valence-corrected chi connectivity index (χ1v) is 12.0. The van der Waals surface area contributed by atoms with Crippen LogP contribution < -0.4 is 25.0 Å². The maximum atomic E-state index is 13.1. The van der Waals surface area contributed by atoms with Crippen LogP contribution in [0.5, 0.6) is 11.5 Å². The van der Waals surface area contributed by atoms with Crippen molar-refractivity contribution < 1.29 is 28.7 Å². The Balaban J connectivity index is 1.54. The molecule has 0 unspecified atom stereocenters. The number of urea groups is 1. The van der Waals surface area contributed by atoms with Crippen molar-refractivity contribution >= 4 is 68.7 Å². The molecule has 1 aliphatic heterocycles. The van der Waals surface area contributed by atoms with Gasteiger partial charge in [-0.2, -0.15) is 0 Å². The number of nitrogens with one attached hydrogen (secondary N) is 2. The SMILES string of the molecule is COc1cc(/C=C2\C(=O)NC(=O)N(c3ccccc3)C2=O)cc(Br)c1OCC(=O)Nc1ccc(Cl)cc1. The normalized spacial score (nSPS) is 14.4. The fourth-order valence-electron chi connectivity index (χ4n) is 3.47. The van der Waals surface area contributed by atoms with Crippen LogP contribution in [0.25, 0.3) is 6.08 Å². The van der Waals surface area contributed by atoms with Crippen LogP contribution >= 0.6 is 27.5 Å². The highest BCUT2D eigenvalue weighted by Gasteiger charge is 2.36. The van der Waals surface area contributed by atoms with Gasteiger partial charge in [0, 0.05) is 10.7 Å². The molecule has 4 rings (SSSR count). The van der Waals surface area contributed by atoms with Gasteiger partial charge in [0.2, 0.25) is 0 Å². The van der Waals surface area contributed by atoms with Crippen LogP contribution in [-0.2, 0) is 14.4 Å². The molecule has 1 aliphatic rings. The first-order chi connectivity index (χ1) is 17.8. The van der Waals surface area contributed by atoms with Gasteiger partial charge in [-0.3, -0.25) is 19.7 Å². The van der Waals surface area contributed by atoms with Gasteiger partial charge in [0.1, 0.15) is 5.57 Å². The van der Waals surface area contributed by atoms with Crippen molar-refractivity contribution in [2.45, 2.75) is 0 Å². The Bertz CT molecular complexity index is 1410. The Labute approximate surface area is 225 Å². The van der Waals surface area contributed by atoms with Crippen molar-refractivity contribution in [2.75, 3.05) is 23.9 Å². The molecule has 37 heavy (non-hydrogen) atoms. The summed E-state index contributed by atoms with van der Waals surface area (Å²) in [5.41, 5.74) is 1.06. The van der Waals surface area contributed by atoms with E-state index >= 15 is 0 Å². The van der Waals surface area contributed by atoms with Crippen LogP contribution in [0, 0.1) is 0 Å². The van der Waals surface area contributed by atoms with Crippen molar-refractivity contribution in [3.8, 4) is 11.5 Å². The molecular formula is C26H19BrClN3O6. The maximum Gasteiger partial charge on any atom is 0.335 e. The molecule has 0 saturated carbocycles. The van der Waals surface area contributed by atoms with E-state index in [4.69, 9.17) is 21.1 Å². The molecule has 0 aromatic heterocycles. The van der Waals surface area contributed by atoms with E-state index in [1.54, 1.807) is 60.7 Å². The van der Waals surface area contributed by atoms with Gasteiger partial charge in [0.05, 0.1) is 17.3 Å². The molecule has 0 aliphatic carbocycles. The number of methoxy groups -OCH3 is 1. The van der Waals surface area contributed by atoms with E-state index in [2.05, 4.69) is 26.6 Å². The molecule has 0 spiro atoms. The summed E-state index contributed by atoms with van der Waals surface area (Å²) in [5, 5.41) is 5.42. The van der Waals surface area contributed by atoms with Crippen LogP contribution in [0.3, 0.4) is 0 Å². The van der Waals surface area contributed by atoms with Gasteiger partial charge in [0.15, 0.2) is 18.1 Å². The van der Waals surface area contributed by atoms with Gasteiger partial charge in [0.25, 0.3) is 17.7 Å². The van der Waals surface area contributed by atoms with Crippen LogP contribution in [0.4, 0.5) is 16.2 Å². The predicted molar refractivity (Wildman–Crippen MR) is 142 cm³/mol. The van der Waals surface area contributed by atoms with Gasteiger partial charge in [-0.25, -0.2) is 9.69 Å². The van der Waals surface area contributed by atoms with Crippen LogP contribution in [-0.4, -0.2) is 37.5 Å². The molecule has 11 heteroatoms. The smallest absolute Gasteiger partial charge is 0.335 e. The fourth-order valence-corrected chi connectivity index (χ4v) is 4.17. The number of anilines is 2. The summed E-state index contributed by atoms with van der Waals surface area (Å²) >= 11 is 9.24. The zero-order valence-electron chi connectivity index (χ0n) is 19.3. The number of rotatable bonds is 7. The molecule has 3 aromatic carbocycles. The topological polar surface area (TPSA) is 114 Å². The first kappa shape index (κ1) is 25.9. The minimum Gasteiger partial charge on any atom is -0.493 e. The summed E-state index contributed by atoms with van der Waals surface area (Å²) in [6, 6.07) is 17.2. The van der Waals surface area contributed by atoms with Crippen molar-refractivity contribution in [1.29, 1.82) is 0 Å². The number of nitrogens with zero attached hydrogens (tertiary/aromatic N) is 1. The van der Waals surface area contributed by atoms with Crippen LogP contribution in [0.2, 0.25) is 5.02 Å². The number of hydrogen-bond donors (Lipinski definition) is 2. The van der Waals surface area contributed by atoms with E-state index < -0.39 is 23.8 Å². The lowest BCUT2D eigenvalue weighted by Crippen LogP contribution is -2.54. The highest BCUT2D eigenvalue weighted by Crippen LogP contribution is 2.37. The lowest BCUT2D eigenvalue weighted by molar-refractivity contribution is -0.122. The molecule has 5 amide bonds. The van der Waals surface area contributed by atoms with E-state index in [0.717, 1.165) is 4.90 Å². The highest BCUT2D eigenvalue weighted by molar-refractivity contribution is 9.10. The number of hydrogen-bond acceptors (Lipinski definition) is 6. The molecular weight excluding hydrogens is 566 g/mol. The van der Waals surface area contributed by atoms with Crippen molar-refractivity contribution in [1.82, 2.24) is 5.32 Å². The van der Waals surface area contributed by atoms with Gasteiger partial charge in [-0.1, -0.05) is 29.8 Å². The Morgan fingerprint density at radius 3 is 2.46 bits per heavy atom. The number of barbiturate groups is 1. The zero-order chi connectivity index (χ0) is 26.5. The average molecular weight is 585 g/mol. The van der Waals surface area contributed by atoms with Gasteiger partial charge < -0.3 is 14.8 Å². The third-order valence-corrected chi connectivity index (χ3v) is 6.00. The molecule has 0 bridgehead atoms. The molecule has 1 heterocycles. The molecule has 0 radical (unpaired) electrons. The number of halogens is 2. The second-order valence-corrected chi connectivity index (χ2v) is 8.96. The maximum absolute atomic E-state index is 13.1. The molecule has 9 nitrogen and oxygen atoms in total. The number of ether oxygens (including phenoxy) is 2. The number of amides is 5. The Morgan fingerprint density at radius 1 is 1.08 bits per heavy atom. The highest BCUT2D eigenvalue weighted by atomic mass is 79.9. The standard InChI is InChI=1S/C26H19BrClN3O6/c1-36-21-13-15(11-19-24(33)30-26(35)31(25(19)34)18-5-3-2-4-6-18)12-20(27)23(21)37-14-22(32)29-17-9-7-16(28)8-10-17/h2-13H,14H2,1H3,(H,29,32)(H,30,33,35)/b19-11+. The minimum absolute atomic E-state index is 0.242. The summed E-state index contributed by atoms with van der Waals surface area (Å²) in [6.45, 7) is -0.312. The molecule has 188 valence electrons. The number of para-hydroxylation sites is 1. The average Bonchev–Trinajstić information content (AvgIpc) is 2.87. The number of carbonyl (C=O) groups excluding carboxylic acids is 4. The van der Waals surface area contributed by atoms with Gasteiger partial charge >= 0.3 is 6.03 Å². The number of carbonyl (C=O) groups is 4. The lowest BCUT2D eigenvalue weighted by Gasteiger charge is -2.26. The fraction of sp³-hybridized carbons (Fsp3) is 0.0769. The van der Waals surface area contributed by atoms with Crippen molar-refractivity contribution in [3.63, 3.8) is 0 Å². The van der Waals surface area contributed by atoms with Crippen LogP contribution in [0.15, 0.2) is 76.8 Å². The predicted octanol–water partition coefficient (Wildman–Crippen LogP) is 4.80. The summed E-state index contributed by atoms with van der Waals surface area (Å²) in [6.07, 6.45) is 1.34. The zero-order valence-corrected chi connectivity index (χ0v) is 21.6. The minimum atomic E-state index is -0.835. The summed E-state index contributed by atoms with van der Waals surface area (Å²) < 4.78 is 11.5. The second-order valence-electron chi connectivity index (χ2n) is 7.67. The molecule has 0 atom stereocenters. The summed E-state index contributed by atoms with van der Waals surface area (Å²) in [5.74, 6) is -1.50. The third kappa shape index (κ3) is 5.99. The molecule has 2 N–H and O–H groups in total. The Kier molecular flexibility index (Phi) is 7.90. The quantitative estimate of drug-likeness (QED) is 0.305.